The van der Waals surface area contributed by atoms with Crippen LogP contribution in [0.5, 0.6) is 0 Å². The Labute approximate surface area is 275 Å². The van der Waals surface area contributed by atoms with Gasteiger partial charge in [0.2, 0.25) is 0 Å². The van der Waals surface area contributed by atoms with Crippen LogP contribution in [0, 0.1) is 11.3 Å². The predicted molar refractivity (Wildman–Crippen MR) is 173 cm³/mol. The largest absolute Gasteiger partial charge is 1.00 e. The number of halogens is 2. The van der Waals surface area contributed by atoms with Gasteiger partial charge in [0, 0.05) is 0 Å². The zero-order valence-electron chi connectivity index (χ0n) is 27.6. The summed E-state index contributed by atoms with van der Waals surface area (Å²) in [6.07, 6.45) is 8.46. The molecule has 42 heavy (non-hydrogen) atoms. The second kappa shape index (κ2) is 11.0. The van der Waals surface area contributed by atoms with Gasteiger partial charge < -0.3 is 24.8 Å². The summed E-state index contributed by atoms with van der Waals surface area (Å²) in [6.45, 7) is 26.4. The molecule has 0 aromatic heterocycles. The van der Waals surface area contributed by atoms with E-state index in [0.717, 1.165) is 12.8 Å². The fourth-order valence-corrected chi connectivity index (χ4v) is 16.5. The minimum absolute atomic E-state index is 0. The molecule has 3 heteroatoms. The first-order valence-electron chi connectivity index (χ1n) is 15.5. The van der Waals surface area contributed by atoms with Crippen molar-refractivity contribution in [2.45, 2.75) is 106 Å². The molecule has 0 nitrogen and oxygen atoms in total. The van der Waals surface area contributed by atoms with Gasteiger partial charge in [-0.15, -0.1) is 0 Å². The molecule has 0 saturated carbocycles. The first kappa shape index (κ1) is 33.6. The second-order valence-corrected chi connectivity index (χ2v) is 19.9. The van der Waals surface area contributed by atoms with Crippen LogP contribution in [-0.4, -0.2) is 4.21 Å². The van der Waals surface area contributed by atoms with E-state index >= 15 is 0 Å². The van der Waals surface area contributed by atoms with Crippen molar-refractivity contribution in [3.8, 4) is 11.1 Å². The summed E-state index contributed by atoms with van der Waals surface area (Å²) >= 11 is -2.36. The molecule has 4 aliphatic carbocycles. The van der Waals surface area contributed by atoms with Crippen molar-refractivity contribution in [3.63, 3.8) is 0 Å². The molecule has 6 rings (SSSR count). The Balaban J connectivity index is 0.00000202. The van der Waals surface area contributed by atoms with Crippen LogP contribution in [-0.2, 0) is 38.5 Å². The molecule has 0 amide bonds. The molecule has 0 radical (unpaired) electrons. The summed E-state index contributed by atoms with van der Waals surface area (Å²) in [5.74, 6) is 0.579. The van der Waals surface area contributed by atoms with E-state index in [2.05, 4.69) is 113 Å². The van der Waals surface area contributed by atoms with E-state index in [9.17, 15) is 0 Å². The quantitative estimate of drug-likeness (QED) is 0.376. The SMILES string of the molecule is [CH2]=[Zr+2]([C]1=C(CC)C(C(C)(C)C)=CC1CC)[C]1=C(C)c2cc3c(cc2C1(C)C)Cc1cc2c(cc1-3)C(C)=CC2(C)C.[Cl-].[Cl-]. The van der Waals surface area contributed by atoms with Crippen LogP contribution in [0.25, 0.3) is 22.3 Å². The van der Waals surface area contributed by atoms with E-state index in [0.29, 0.717) is 5.92 Å². The Bertz CT molecular complexity index is 1650. The van der Waals surface area contributed by atoms with Gasteiger partial charge in [-0.05, 0) is 0 Å². The molecule has 2 aromatic carbocycles. The van der Waals surface area contributed by atoms with E-state index in [1.54, 1.807) is 28.8 Å². The Hall–Kier alpha value is -1.27. The van der Waals surface area contributed by atoms with Crippen LogP contribution in [0.2, 0.25) is 0 Å². The molecule has 0 saturated heterocycles. The van der Waals surface area contributed by atoms with Crippen molar-refractivity contribution in [2.75, 3.05) is 0 Å². The molecule has 4 aliphatic rings. The fraction of sp³-hybridized carbons (Fsp3) is 0.462. The normalized spacial score (nSPS) is 20.6. The summed E-state index contributed by atoms with van der Waals surface area (Å²) < 4.78 is 8.67. The number of fused-ring (bicyclic) bond motifs is 5. The number of allylic oxidation sites excluding steroid dienone is 8. The van der Waals surface area contributed by atoms with Gasteiger partial charge in [0.15, 0.2) is 0 Å². The van der Waals surface area contributed by atoms with Crippen LogP contribution in [0.15, 0.2) is 54.1 Å². The monoisotopic (exact) mass is 676 g/mol. The number of hydrogen-bond donors (Lipinski definition) is 0. The van der Waals surface area contributed by atoms with Gasteiger partial charge in [0.05, 0.1) is 0 Å². The minimum atomic E-state index is -2.36. The average molecular weight is 679 g/mol. The van der Waals surface area contributed by atoms with Gasteiger partial charge in [0.25, 0.3) is 0 Å². The van der Waals surface area contributed by atoms with Crippen LogP contribution in [0.1, 0.15) is 122 Å². The smallest absolute Gasteiger partial charge is 1.00 e. The van der Waals surface area contributed by atoms with Crippen molar-refractivity contribution in [1.29, 1.82) is 0 Å². The van der Waals surface area contributed by atoms with Crippen molar-refractivity contribution in [2.24, 2.45) is 11.3 Å². The number of rotatable bonds is 4. The second-order valence-electron chi connectivity index (χ2n) is 15.0. The van der Waals surface area contributed by atoms with Crippen LogP contribution < -0.4 is 24.8 Å². The molecule has 2 aromatic rings. The third-order valence-electron chi connectivity index (χ3n) is 10.5. The van der Waals surface area contributed by atoms with E-state index in [4.69, 9.17) is 4.21 Å². The summed E-state index contributed by atoms with van der Waals surface area (Å²) in [6, 6.07) is 10.2. The maximum absolute atomic E-state index is 5.16. The van der Waals surface area contributed by atoms with E-state index in [1.165, 1.54) is 50.9 Å². The molecule has 0 bridgehead atoms. The first-order chi connectivity index (χ1) is 18.6. The van der Waals surface area contributed by atoms with Crippen molar-refractivity contribution < 1.29 is 46.1 Å². The van der Waals surface area contributed by atoms with Crippen LogP contribution >= 0.6 is 0 Å². The van der Waals surface area contributed by atoms with Gasteiger partial charge in [0.1, 0.15) is 0 Å². The first-order valence-corrected chi connectivity index (χ1v) is 19.7. The Morgan fingerprint density at radius 3 is 1.98 bits per heavy atom. The van der Waals surface area contributed by atoms with Gasteiger partial charge >= 0.3 is 253 Å². The fourth-order valence-electron chi connectivity index (χ4n) is 8.71. The van der Waals surface area contributed by atoms with Crippen molar-refractivity contribution in [3.05, 3.63) is 87.5 Å². The molecule has 0 spiro atoms. The maximum Gasteiger partial charge on any atom is -1.00 e. The number of hydrogen-bond acceptors (Lipinski definition) is 0. The third-order valence-corrected chi connectivity index (χ3v) is 17.7. The molecule has 0 heterocycles. The molecular formula is C39H48Cl2Zr. The predicted octanol–water partition coefficient (Wildman–Crippen LogP) is 4.71. The number of benzene rings is 2. The molecule has 0 N–H and O–H groups in total. The Morgan fingerprint density at radius 2 is 1.43 bits per heavy atom. The van der Waals surface area contributed by atoms with Gasteiger partial charge in [-0.3, -0.25) is 0 Å². The maximum atomic E-state index is 5.16. The zero-order chi connectivity index (χ0) is 29.1. The molecule has 0 fully saturated rings. The van der Waals surface area contributed by atoms with Crippen molar-refractivity contribution >= 4 is 15.4 Å². The van der Waals surface area contributed by atoms with E-state index < -0.39 is 21.3 Å². The standard InChI is InChI=1S/C25H25.C13H21.CH2.2ClH.Zr/c1-14-12-24(3,4)22-8-16-7-17-9-23-19(15(2)13-25(23,5)6)11-21(17)20(16)10-18(14)22;1-6-10-8-11(7-2)12(9-10)13(3,4)5;;;;/h8-12H,7H2,1-6H3;9-10H,6-7H2,1-5H3;1H2;2*1H;/q;;;;;+2/p-2. The van der Waals surface area contributed by atoms with Gasteiger partial charge in [-0.1, -0.05) is 0 Å². The van der Waals surface area contributed by atoms with Crippen LogP contribution in [0.3, 0.4) is 0 Å². The van der Waals surface area contributed by atoms with Gasteiger partial charge in [-0.25, -0.2) is 0 Å². The summed E-state index contributed by atoms with van der Waals surface area (Å²) in [4.78, 5) is 0. The molecule has 222 valence electrons. The Kier molecular flexibility index (Phi) is 8.78. The minimum Gasteiger partial charge on any atom is -1.00 e. The summed E-state index contributed by atoms with van der Waals surface area (Å²) in [5.41, 5.74) is 18.6. The van der Waals surface area contributed by atoms with E-state index in [1.807, 2.05) is 0 Å². The summed E-state index contributed by atoms with van der Waals surface area (Å²) in [7, 11) is 0. The van der Waals surface area contributed by atoms with E-state index in [-0.39, 0.29) is 41.1 Å². The average Bonchev–Trinajstić information content (AvgIpc) is 3.54. The third kappa shape index (κ3) is 4.75. The molecule has 0 aliphatic heterocycles. The van der Waals surface area contributed by atoms with Gasteiger partial charge in [-0.2, -0.15) is 0 Å². The molecule has 1 atom stereocenters. The van der Waals surface area contributed by atoms with Crippen LogP contribution in [0.4, 0.5) is 0 Å². The zero-order valence-corrected chi connectivity index (χ0v) is 31.6. The topological polar surface area (TPSA) is 0 Å². The Morgan fingerprint density at radius 1 is 0.857 bits per heavy atom. The van der Waals surface area contributed by atoms with Crippen molar-refractivity contribution in [1.82, 2.24) is 0 Å². The molecule has 1 unspecified atom stereocenters. The summed E-state index contributed by atoms with van der Waals surface area (Å²) in [5, 5.41) is 0. The molecular weight excluding hydrogens is 631 g/mol.